The number of aliphatic carboxylic acids is 1. The summed E-state index contributed by atoms with van der Waals surface area (Å²) in [4.78, 5) is 40.6. The van der Waals surface area contributed by atoms with E-state index in [4.69, 9.17) is 5.11 Å². The third kappa shape index (κ3) is 9.65. The number of carbonyl (C=O) groups is 2. The van der Waals surface area contributed by atoms with Crippen LogP contribution in [0.1, 0.15) is 42.4 Å². The van der Waals surface area contributed by atoms with Crippen LogP contribution in [0.4, 0.5) is 0 Å². The number of carboxylic acids is 1. The van der Waals surface area contributed by atoms with Crippen LogP contribution in [0.15, 0.2) is 77.8 Å². The van der Waals surface area contributed by atoms with Crippen molar-refractivity contribution < 1.29 is 24.9 Å². The molecular weight excluding hydrogens is 664 g/mol. The number of aromatic nitrogens is 2. The highest BCUT2D eigenvalue weighted by molar-refractivity contribution is 9.10. The maximum absolute atomic E-state index is 13.1. The Kier molecular flexibility index (Phi) is 12.1. The number of piperazine rings is 1. The lowest BCUT2D eigenvalue weighted by Gasteiger charge is -2.42. The van der Waals surface area contributed by atoms with Gasteiger partial charge in [0.15, 0.2) is 5.60 Å². The lowest BCUT2D eigenvalue weighted by molar-refractivity contribution is -0.163. The number of aliphatic hydroxyl groups is 2. The van der Waals surface area contributed by atoms with Crippen molar-refractivity contribution in [2.24, 2.45) is 0 Å². The molecule has 3 aromatic rings. The van der Waals surface area contributed by atoms with E-state index in [1.54, 1.807) is 24.8 Å². The van der Waals surface area contributed by atoms with Crippen molar-refractivity contribution in [2.45, 2.75) is 56.5 Å². The van der Waals surface area contributed by atoms with Crippen LogP contribution in [0.5, 0.6) is 0 Å². The molecule has 3 saturated heterocycles. The fourth-order valence-electron chi connectivity index (χ4n) is 6.35. The summed E-state index contributed by atoms with van der Waals surface area (Å²) >= 11 is 3.61. The Morgan fingerprint density at radius 1 is 0.638 bits per heavy atom. The number of rotatable bonds is 8. The summed E-state index contributed by atoms with van der Waals surface area (Å²) in [5.74, 6) is -1.20. The standard InChI is InChI=1S/C23H29BrN4O2.C12H16N2O3/c24-21-4-2-1-3-20(21)18-27-13-15-28(16-14-27)22(29)23(30)7-11-26(12-8-23)17-19-5-9-25-10-6-19;15-11(16)12(17)3-7-14(8-4-12)9-10-1-5-13-6-2-10/h1-6,9-10,30H,7-8,11-18H2;1-2,5-6,17H,3-4,7-9H2,(H,15,16). The van der Waals surface area contributed by atoms with Gasteiger partial charge in [-0.1, -0.05) is 34.1 Å². The van der Waals surface area contributed by atoms with E-state index in [0.29, 0.717) is 39.0 Å². The minimum absolute atomic E-state index is 0.0911. The molecule has 12 heteroatoms. The van der Waals surface area contributed by atoms with Crippen LogP contribution in [0.3, 0.4) is 0 Å². The fraction of sp³-hybridized carbons (Fsp3) is 0.486. The van der Waals surface area contributed by atoms with E-state index in [9.17, 15) is 19.8 Å². The van der Waals surface area contributed by atoms with E-state index < -0.39 is 17.2 Å². The maximum atomic E-state index is 13.1. The molecule has 5 heterocycles. The number of benzene rings is 1. The van der Waals surface area contributed by atoms with E-state index in [-0.39, 0.29) is 18.7 Å². The summed E-state index contributed by atoms with van der Waals surface area (Å²) < 4.78 is 1.12. The van der Waals surface area contributed by atoms with Crippen molar-refractivity contribution in [3.8, 4) is 0 Å². The summed E-state index contributed by atoms with van der Waals surface area (Å²) in [7, 11) is 0. The normalized spacial score (nSPS) is 20.2. The van der Waals surface area contributed by atoms with Gasteiger partial charge in [0.1, 0.15) is 5.60 Å². The Balaban J connectivity index is 0.000000216. The van der Waals surface area contributed by atoms with E-state index in [0.717, 1.165) is 55.8 Å². The Morgan fingerprint density at radius 3 is 1.55 bits per heavy atom. The summed E-state index contributed by atoms with van der Waals surface area (Å²) in [5, 5.41) is 29.8. The molecule has 47 heavy (non-hydrogen) atoms. The Hall–Kier alpha value is -3.26. The molecule has 3 aliphatic rings. The number of hydrogen-bond acceptors (Lipinski definition) is 9. The smallest absolute Gasteiger partial charge is 0.335 e. The van der Waals surface area contributed by atoms with Gasteiger partial charge in [0.05, 0.1) is 0 Å². The molecule has 3 N–H and O–H groups in total. The first-order valence-corrected chi connectivity index (χ1v) is 17.1. The summed E-state index contributed by atoms with van der Waals surface area (Å²) in [6, 6.07) is 16.2. The molecule has 2 aromatic heterocycles. The van der Waals surface area contributed by atoms with Gasteiger partial charge in [-0.2, -0.15) is 0 Å². The lowest BCUT2D eigenvalue weighted by atomic mass is 9.89. The largest absolute Gasteiger partial charge is 0.479 e. The van der Waals surface area contributed by atoms with Crippen LogP contribution in [-0.4, -0.2) is 120 Å². The third-order valence-electron chi connectivity index (χ3n) is 9.49. The predicted octanol–water partition coefficient (Wildman–Crippen LogP) is 3.01. The van der Waals surface area contributed by atoms with E-state index in [2.05, 4.69) is 58.8 Å². The molecule has 0 unspecified atom stereocenters. The fourth-order valence-corrected chi connectivity index (χ4v) is 6.76. The molecule has 3 fully saturated rings. The molecule has 3 aliphatic heterocycles. The highest BCUT2D eigenvalue weighted by atomic mass is 79.9. The number of pyridine rings is 2. The SMILES string of the molecule is O=C(N1CCN(Cc2ccccc2Br)CC1)C1(O)CCN(Cc2ccncc2)CC1.O=C(O)C1(O)CCN(Cc2ccncc2)CC1. The number of nitrogens with zero attached hydrogens (tertiary/aromatic N) is 6. The molecule has 0 saturated carbocycles. The van der Waals surface area contributed by atoms with Gasteiger partial charge in [-0.15, -0.1) is 0 Å². The second kappa shape index (κ2) is 16.2. The van der Waals surface area contributed by atoms with Crippen LogP contribution in [0.25, 0.3) is 0 Å². The Morgan fingerprint density at radius 2 is 1.09 bits per heavy atom. The molecule has 6 rings (SSSR count). The van der Waals surface area contributed by atoms with Gasteiger partial charge < -0.3 is 20.2 Å². The first-order chi connectivity index (χ1) is 22.6. The number of piperidine rings is 2. The highest BCUT2D eigenvalue weighted by Gasteiger charge is 2.42. The van der Waals surface area contributed by atoms with Crippen molar-refractivity contribution in [2.75, 3.05) is 52.4 Å². The molecular formula is C35H45BrN6O5. The van der Waals surface area contributed by atoms with Crippen molar-refractivity contribution in [1.29, 1.82) is 0 Å². The van der Waals surface area contributed by atoms with Crippen LogP contribution < -0.4 is 0 Å². The number of halogens is 1. The van der Waals surface area contributed by atoms with Crippen molar-refractivity contribution in [3.63, 3.8) is 0 Å². The predicted molar refractivity (Wildman–Crippen MR) is 181 cm³/mol. The molecule has 1 aromatic carbocycles. The van der Waals surface area contributed by atoms with Gasteiger partial charge in [-0.25, -0.2) is 4.79 Å². The van der Waals surface area contributed by atoms with E-state index in [1.807, 2.05) is 35.2 Å². The number of carbonyl (C=O) groups excluding carboxylic acids is 1. The minimum Gasteiger partial charge on any atom is -0.479 e. The number of hydrogen-bond donors (Lipinski definition) is 3. The quantitative estimate of drug-likeness (QED) is 0.321. The van der Waals surface area contributed by atoms with Gasteiger partial charge in [-0.05, 0) is 72.7 Å². The monoisotopic (exact) mass is 708 g/mol. The summed E-state index contributed by atoms with van der Waals surface area (Å²) in [5.41, 5.74) is 0.870. The van der Waals surface area contributed by atoms with Crippen LogP contribution in [-0.2, 0) is 29.2 Å². The van der Waals surface area contributed by atoms with E-state index >= 15 is 0 Å². The average Bonchev–Trinajstić information content (AvgIpc) is 3.09. The zero-order chi connectivity index (χ0) is 33.3. The minimum atomic E-state index is -1.53. The van der Waals surface area contributed by atoms with Crippen molar-refractivity contribution in [1.82, 2.24) is 29.6 Å². The molecule has 0 spiro atoms. The molecule has 1 amide bonds. The van der Waals surface area contributed by atoms with Crippen LogP contribution >= 0.6 is 15.9 Å². The first-order valence-electron chi connectivity index (χ1n) is 16.3. The van der Waals surface area contributed by atoms with Crippen molar-refractivity contribution >= 4 is 27.8 Å². The zero-order valence-electron chi connectivity index (χ0n) is 26.8. The molecule has 0 aliphatic carbocycles. The third-order valence-corrected chi connectivity index (χ3v) is 10.3. The number of likely N-dealkylation sites (tertiary alicyclic amines) is 2. The molecule has 0 bridgehead atoms. The zero-order valence-corrected chi connectivity index (χ0v) is 28.3. The van der Waals surface area contributed by atoms with Gasteiger partial charge >= 0.3 is 5.97 Å². The topological polar surface area (TPSA) is 134 Å². The van der Waals surface area contributed by atoms with Gasteiger partial charge in [0.25, 0.3) is 5.91 Å². The Bertz CT molecular complexity index is 1440. The van der Waals surface area contributed by atoms with E-state index in [1.165, 1.54) is 11.1 Å². The number of carboxylic acid groups (broad SMARTS) is 1. The lowest BCUT2D eigenvalue weighted by Crippen LogP contribution is -2.58. The average molecular weight is 710 g/mol. The van der Waals surface area contributed by atoms with Crippen LogP contribution in [0, 0.1) is 0 Å². The maximum Gasteiger partial charge on any atom is 0.335 e. The Labute approximate surface area is 285 Å². The summed E-state index contributed by atoms with van der Waals surface area (Å²) in [6.45, 7) is 8.15. The number of amides is 1. The van der Waals surface area contributed by atoms with Crippen LogP contribution in [0.2, 0.25) is 0 Å². The summed E-state index contributed by atoms with van der Waals surface area (Å²) in [6.07, 6.45) is 8.65. The van der Waals surface area contributed by atoms with Crippen molar-refractivity contribution in [3.05, 3.63) is 94.5 Å². The second-order valence-corrected chi connectivity index (χ2v) is 13.6. The molecule has 11 nitrogen and oxygen atoms in total. The second-order valence-electron chi connectivity index (χ2n) is 12.8. The molecule has 252 valence electrons. The highest BCUT2D eigenvalue weighted by Crippen LogP contribution is 2.27. The van der Waals surface area contributed by atoms with Gasteiger partial charge in [0.2, 0.25) is 0 Å². The van der Waals surface area contributed by atoms with Gasteiger partial charge in [-0.3, -0.25) is 29.5 Å². The molecule has 0 atom stereocenters. The molecule has 0 radical (unpaired) electrons. The first kappa shape index (κ1) is 35.1. The van der Waals surface area contributed by atoms with Gasteiger partial charge in [0, 0.05) is 101 Å².